The van der Waals surface area contributed by atoms with Gasteiger partial charge in [0.25, 0.3) is 0 Å². The summed E-state index contributed by atoms with van der Waals surface area (Å²) in [6, 6.07) is 9.94. The fraction of sp³-hybridized carbons (Fsp3) is 0.571. The summed E-state index contributed by atoms with van der Waals surface area (Å²) >= 11 is 0. The number of rotatable bonds is 3. The fourth-order valence-corrected chi connectivity index (χ4v) is 1.64. The minimum absolute atomic E-state index is 0. The molecule has 0 N–H and O–H groups in total. The van der Waals surface area contributed by atoms with Crippen LogP contribution in [0.5, 0.6) is 0 Å². The van der Waals surface area contributed by atoms with Gasteiger partial charge in [-0.2, -0.15) is 23.8 Å². The number of anilines is 1. The Morgan fingerprint density at radius 1 is 1.12 bits per heavy atom. The molecule has 0 radical (unpaired) electrons. The Hall–Kier alpha value is 0.266. The predicted octanol–water partition coefficient (Wildman–Crippen LogP) is 0.254. The van der Waals surface area contributed by atoms with E-state index in [1.807, 2.05) is 0 Å². The van der Waals surface area contributed by atoms with Crippen LogP contribution in [0.15, 0.2) is 18.2 Å². The van der Waals surface area contributed by atoms with Gasteiger partial charge in [-0.1, -0.05) is 26.5 Å². The molecule has 0 saturated heterocycles. The first-order valence-corrected chi connectivity index (χ1v) is 5.76. The first-order valence-electron chi connectivity index (χ1n) is 5.76. The van der Waals surface area contributed by atoms with Crippen LogP contribution in [0.25, 0.3) is 0 Å². The van der Waals surface area contributed by atoms with Crippen LogP contribution in [0.2, 0.25) is 0 Å². The Morgan fingerprint density at radius 3 is 2.06 bits per heavy atom. The van der Waals surface area contributed by atoms with Crippen LogP contribution in [0, 0.1) is 6.07 Å². The number of hydrogen-bond acceptors (Lipinski definition) is 1. The Labute approximate surface area is 133 Å². The van der Waals surface area contributed by atoms with Gasteiger partial charge >= 0.3 is 23.1 Å². The third kappa shape index (κ3) is 5.62. The molecule has 3 heteroatoms. The second-order valence-electron chi connectivity index (χ2n) is 4.87. The first-order chi connectivity index (χ1) is 6.99. The van der Waals surface area contributed by atoms with Crippen LogP contribution in [0.4, 0.5) is 5.69 Å². The molecule has 92 valence electrons. The van der Waals surface area contributed by atoms with Gasteiger partial charge in [-0.3, -0.25) is 0 Å². The van der Waals surface area contributed by atoms with E-state index in [1.165, 1.54) is 11.3 Å². The normalized spacial score (nSPS) is 10.2. The third-order valence-corrected chi connectivity index (χ3v) is 2.69. The average Bonchev–Trinajstić information content (AvgIpc) is 2.19. The monoisotopic (exact) mass is 307 g/mol. The summed E-state index contributed by atoms with van der Waals surface area (Å²) in [5, 5.41) is 0. The molecule has 0 heterocycles. The van der Waals surface area contributed by atoms with Crippen LogP contribution in [-0.4, -0.2) is 36.1 Å². The van der Waals surface area contributed by atoms with Gasteiger partial charge in [-0.15, -0.1) is 6.07 Å². The van der Waals surface area contributed by atoms with Gasteiger partial charge in [0.05, 0.1) is 0 Å². The molecule has 0 aromatic heterocycles. The van der Waals surface area contributed by atoms with Crippen molar-refractivity contribution in [2.75, 3.05) is 18.0 Å². The minimum Gasteiger partial charge on any atom is -1.00 e. The summed E-state index contributed by atoms with van der Waals surface area (Å²) in [6.45, 7) is 13.1. The zero-order chi connectivity index (χ0) is 11.5. The zero-order valence-electron chi connectivity index (χ0n) is 11.7. The summed E-state index contributed by atoms with van der Waals surface area (Å²) in [4.78, 5) is 2.33. The second kappa shape index (κ2) is 8.38. The second-order valence-corrected chi connectivity index (χ2v) is 4.87. The molecule has 0 bridgehead atoms. The van der Waals surface area contributed by atoms with E-state index in [2.05, 4.69) is 63.8 Å². The van der Waals surface area contributed by atoms with Crippen molar-refractivity contribution in [3.63, 3.8) is 0 Å². The molecule has 0 fully saturated rings. The molecular weight excluding hydrogens is 286 g/mol. The molecule has 1 nitrogen and oxygen atoms in total. The molecule has 1 aromatic rings. The summed E-state index contributed by atoms with van der Waals surface area (Å²) < 4.78 is 0. The Bertz CT molecular complexity index is 316. The average molecular weight is 309 g/mol. The van der Waals surface area contributed by atoms with E-state index in [1.54, 1.807) is 0 Å². The van der Waals surface area contributed by atoms with Crippen molar-refractivity contribution in [2.45, 2.75) is 40.0 Å². The molecule has 0 aliphatic rings. The molecule has 0 unspecified atom stereocenters. The van der Waals surface area contributed by atoms with Gasteiger partial charge in [-0.05, 0) is 19.3 Å². The summed E-state index contributed by atoms with van der Waals surface area (Å²) in [5.74, 6) is 0. The molecule has 1 aromatic carbocycles. The third-order valence-electron chi connectivity index (χ3n) is 2.69. The molecule has 1 rings (SSSR count). The van der Waals surface area contributed by atoms with E-state index in [-0.39, 0.29) is 45.4 Å². The van der Waals surface area contributed by atoms with E-state index >= 15 is 0 Å². The zero-order valence-corrected chi connectivity index (χ0v) is 14.7. The number of nitrogens with zero attached hydrogens (tertiary/aromatic N) is 1. The Kier molecular flexibility index (Phi) is 9.67. The molecule has 0 spiro atoms. The largest absolute Gasteiger partial charge is 2.00 e. The minimum atomic E-state index is 0. The van der Waals surface area contributed by atoms with Crippen molar-refractivity contribution in [1.29, 1.82) is 0 Å². The predicted molar refractivity (Wildman–Crippen MR) is 73.3 cm³/mol. The summed E-state index contributed by atoms with van der Waals surface area (Å²) in [6.07, 6.45) is 0. The van der Waals surface area contributed by atoms with Crippen LogP contribution >= 0.6 is 0 Å². The van der Waals surface area contributed by atoms with Gasteiger partial charge in [0, 0.05) is 13.1 Å². The SMILES string of the molecule is CCN(CC)c1[c-]c(C(C)(C)C)ccc1.[Br-].[Mg+2]. The summed E-state index contributed by atoms with van der Waals surface area (Å²) in [7, 11) is 0. The van der Waals surface area contributed by atoms with E-state index in [0.29, 0.717) is 0 Å². The summed E-state index contributed by atoms with van der Waals surface area (Å²) in [5.41, 5.74) is 2.68. The van der Waals surface area contributed by atoms with Crippen molar-refractivity contribution in [1.82, 2.24) is 0 Å². The number of halogens is 1. The van der Waals surface area contributed by atoms with Gasteiger partial charge in [0.1, 0.15) is 0 Å². The van der Waals surface area contributed by atoms with Crippen molar-refractivity contribution < 1.29 is 17.0 Å². The topological polar surface area (TPSA) is 3.24 Å². The van der Waals surface area contributed by atoms with Crippen molar-refractivity contribution in [3.8, 4) is 0 Å². The van der Waals surface area contributed by atoms with Crippen molar-refractivity contribution in [3.05, 3.63) is 29.8 Å². The fourth-order valence-electron chi connectivity index (χ4n) is 1.64. The quantitative estimate of drug-likeness (QED) is 0.572. The van der Waals surface area contributed by atoms with Crippen LogP contribution < -0.4 is 21.9 Å². The van der Waals surface area contributed by atoms with Crippen LogP contribution in [0.3, 0.4) is 0 Å². The maximum absolute atomic E-state index is 3.51. The van der Waals surface area contributed by atoms with Gasteiger partial charge in [0.15, 0.2) is 0 Å². The van der Waals surface area contributed by atoms with Crippen molar-refractivity contribution in [2.24, 2.45) is 0 Å². The van der Waals surface area contributed by atoms with E-state index in [4.69, 9.17) is 0 Å². The van der Waals surface area contributed by atoms with E-state index in [0.717, 1.165) is 13.1 Å². The molecule has 0 aliphatic heterocycles. The Morgan fingerprint density at radius 2 is 1.65 bits per heavy atom. The standard InChI is InChI=1S/C14H22N.BrH.Mg/c1-6-15(7-2)13-10-8-9-12(11-13)14(3,4)5;;/h8-10H,6-7H2,1-5H3;1H;/q-1;;+2/p-1. The molecule has 0 atom stereocenters. The molecule has 0 amide bonds. The molecule has 17 heavy (non-hydrogen) atoms. The molecular formula is C14H22BrMgN. The van der Waals surface area contributed by atoms with E-state index in [9.17, 15) is 0 Å². The van der Waals surface area contributed by atoms with Crippen LogP contribution in [0.1, 0.15) is 40.2 Å². The first kappa shape index (κ1) is 19.6. The molecule has 0 aliphatic carbocycles. The van der Waals surface area contributed by atoms with Gasteiger partial charge in [-0.25, -0.2) is 0 Å². The van der Waals surface area contributed by atoms with Gasteiger partial charge < -0.3 is 21.9 Å². The van der Waals surface area contributed by atoms with Crippen molar-refractivity contribution >= 4 is 28.7 Å². The van der Waals surface area contributed by atoms with Crippen LogP contribution in [-0.2, 0) is 5.41 Å². The maximum atomic E-state index is 3.51. The van der Waals surface area contributed by atoms with E-state index < -0.39 is 0 Å². The van der Waals surface area contributed by atoms with Gasteiger partial charge in [0.2, 0.25) is 0 Å². The number of benzene rings is 1. The molecule has 0 saturated carbocycles. The smallest absolute Gasteiger partial charge is 1.00 e. The maximum Gasteiger partial charge on any atom is 2.00 e. The number of hydrogen-bond donors (Lipinski definition) is 0. The Balaban J connectivity index is 0.